The molecule has 0 radical (unpaired) electrons. The molecule has 0 N–H and O–H groups in total. The third-order valence-corrected chi connectivity index (χ3v) is 4.34. The Morgan fingerprint density at radius 1 is 1.12 bits per heavy atom. The second-order valence-electron chi connectivity index (χ2n) is 6.37. The van der Waals surface area contributed by atoms with E-state index in [4.69, 9.17) is 0 Å². The van der Waals surface area contributed by atoms with Crippen LogP contribution in [0.15, 0.2) is 58.8 Å². The topological polar surface area (TPSA) is 51.5 Å². The molecule has 4 rings (SSSR count). The third kappa shape index (κ3) is 2.45. The largest absolute Gasteiger partial charge is 0.365 e. The zero-order valence-electron chi connectivity index (χ0n) is 13.8. The first-order valence-corrected chi connectivity index (χ1v) is 7.95. The Bertz CT molecular complexity index is 799. The lowest BCUT2D eigenvalue weighted by molar-refractivity contribution is 0.199. The summed E-state index contributed by atoms with van der Waals surface area (Å²) >= 11 is 0. The van der Waals surface area contributed by atoms with Gasteiger partial charge in [-0.3, -0.25) is 4.90 Å². The molecule has 0 saturated carbocycles. The van der Waals surface area contributed by atoms with Crippen LogP contribution in [0.1, 0.15) is 17.3 Å². The van der Waals surface area contributed by atoms with E-state index in [0.717, 1.165) is 23.5 Å². The lowest BCUT2D eigenvalue weighted by atomic mass is 10.1. The number of amides is 2. The van der Waals surface area contributed by atoms with Crippen LogP contribution in [0, 0.1) is 0 Å². The van der Waals surface area contributed by atoms with E-state index in [9.17, 15) is 4.79 Å². The van der Waals surface area contributed by atoms with Crippen molar-refractivity contribution in [3.8, 4) is 0 Å². The molecule has 6 heteroatoms. The van der Waals surface area contributed by atoms with Crippen molar-refractivity contribution in [3.05, 3.63) is 59.7 Å². The van der Waals surface area contributed by atoms with E-state index in [1.165, 1.54) is 5.56 Å². The molecule has 6 nitrogen and oxygen atoms in total. The summed E-state index contributed by atoms with van der Waals surface area (Å²) in [7, 11) is 4.11. The first-order chi connectivity index (χ1) is 11.6. The molecule has 0 saturated heterocycles. The van der Waals surface area contributed by atoms with Crippen LogP contribution >= 0.6 is 0 Å². The lowest BCUT2D eigenvalue weighted by Crippen LogP contribution is -2.42. The minimum atomic E-state index is -0.294. The number of carbonyl (C=O) groups is 1. The molecule has 24 heavy (non-hydrogen) atoms. The van der Waals surface area contributed by atoms with Crippen molar-refractivity contribution in [1.29, 1.82) is 0 Å². The maximum atomic E-state index is 12.0. The Kier molecular flexibility index (Phi) is 3.54. The Morgan fingerprint density at radius 3 is 2.62 bits per heavy atom. The van der Waals surface area contributed by atoms with E-state index in [0.29, 0.717) is 6.67 Å². The smallest absolute Gasteiger partial charge is 0.323 e. The normalized spacial score (nSPS) is 19.0. The molecule has 0 bridgehead atoms. The van der Waals surface area contributed by atoms with Crippen molar-refractivity contribution in [1.82, 2.24) is 9.80 Å². The Hall–Kier alpha value is -2.73. The lowest BCUT2D eigenvalue weighted by Gasteiger charge is -2.38. The molecule has 1 unspecified atom stereocenters. The Morgan fingerprint density at radius 2 is 1.88 bits per heavy atom. The van der Waals surface area contributed by atoms with E-state index in [-0.39, 0.29) is 12.2 Å². The van der Waals surface area contributed by atoms with E-state index in [1.54, 1.807) is 4.90 Å². The number of benzene rings is 2. The van der Waals surface area contributed by atoms with Crippen LogP contribution in [0.5, 0.6) is 0 Å². The zero-order valence-corrected chi connectivity index (χ0v) is 13.8. The molecule has 0 fully saturated rings. The molecule has 122 valence electrons. The van der Waals surface area contributed by atoms with Crippen LogP contribution in [0.25, 0.3) is 0 Å². The van der Waals surface area contributed by atoms with Gasteiger partial charge in [0.1, 0.15) is 6.67 Å². The number of carbonyl (C=O) groups excluding carboxylic acids is 1. The van der Waals surface area contributed by atoms with Gasteiger partial charge in [-0.05, 0) is 37.9 Å². The fraction of sp³-hybridized carbons (Fsp3) is 0.278. The Labute approximate surface area is 141 Å². The minimum absolute atomic E-state index is 0.274. The summed E-state index contributed by atoms with van der Waals surface area (Å²) < 4.78 is 0. The summed E-state index contributed by atoms with van der Waals surface area (Å²) in [5.41, 5.74) is 4.40. The predicted molar refractivity (Wildman–Crippen MR) is 92.1 cm³/mol. The van der Waals surface area contributed by atoms with Gasteiger partial charge in [0.15, 0.2) is 6.17 Å². The molecule has 2 aromatic rings. The standard InChI is InChI=1S/C18H19N5O/c1-21(2)11-13-7-9-14(10-8-13)22-12-23-17(19-20-18(23)24)15-5-3-4-6-16(15)22/h3-10,17H,11-12H2,1-2H3. The second-order valence-corrected chi connectivity index (χ2v) is 6.37. The fourth-order valence-electron chi connectivity index (χ4n) is 3.24. The number of azo groups is 1. The molecule has 0 aromatic heterocycles. The van der Waals surface area contributed by atoms with Crippen LogP contribution in [0.2, 0.25) is 0 Å². The Balaban J connectivity index is 1.70. The summed E-state index contributed by atoms with van der Waals surface area (Å²) in [4.78, 5) is 18.0. The molecule has 2 aromatic carbocycles. The quantitative estimate of drug-likeness (QED) is 0.865. The van der Waals surface area contributed by atoms with Crippen LogP contribution in [-0.4, -0.2) is 36.6 Å². The van der Waals surface area contributed by atoms with E-state index < -0.39 is 0 Å². The molecule has 2 heterocycles. The molecule has 2 amide bonds. The minimum Gasteiger partial charge on any atom is -0.323 e. The predicted octanol–water partition coefficient (Wildman–Crippen LogP) is 3.74. The number of urea groups is 1. The van der Waals surface area contributed by atoms with E-state index in [1.807, 2.05) is 18.2 Å². The highest BCUT2D eigenvalue weighted by atomic mass is 16.2. The molecular weight excluding hydrogens is 302 g/mol. The zero-order chi connectivity index (χ0) is 16.7. The number of anilines is 2. The molecule has 2 aliphatic rings. The van der Waals surface area contributed by atoms with Crippen LogP contribution in [-0.2, 0) is 6.54 Å². The molecule has 0 aliphatic carbocycles. The number of hydrogen-bond donors (Lipinski definition) is 0. The van der Waals surface area contributed by atoms with Crippen molar-refractivity contribution in [2.24, 2.45) is 10.2 Å². The van der Waals surface area contributed by atoms with Gasteiger partial charge in [0, 0.05) is 17.8 Å². The number of fused-ring (bicyclic) bond motifs is 3. The maximum absolute atomic E-state index is 12.0. The molecule has 2 aliphatic heterocycles. The van der Waals surface area contributed by atoms with Gasteiger partial charge in [-0.25, -0.2) is 4.79 Å². The molecule has 0 spiro atoms. The average Bonchev–Trinajstić information content (AvgIpc) is 2.96. The van der Waals surface area contributed by atoms with Crippen molar-refractivity contribution >= 4 is 17.4 Å². The SMILES string of the molecule is CN(C)Cc1ccc(N2CN3C(=O)N=NC3c3ccccc32)cc1. The first-order valence-electron chi connectivity index (χ1n) is 7.95. The van der Waals surface area contributed by atoms with Gasteiger partial charge in [-0.2, -0.15) is 5.11 Å². The highest BCUT2D eigenvalue weighted by Gasteiger charge is 2.38. The number of para-hydroxylation sites is 1. The average molecular weight is 321 g/mol. The summed E-state index contributed by atoms with van der Waals surface area (Å²) in [5, 5.41) is 7.86. The summed E-state index contributed by atoms with van der Waals surface area (Å²) in [6.07, 6.45) is -0.294. The van der Waals surface area contributed by atoms with Gasteiger partial charge >= 0.3 is 6.03 Å². The van der Waals surface area contributed by atoms with Gasteiger partial charge in [-0.1, -0.05) is 35.4 Å². The van der Waals surface area contributed by atoms with E-state index in [2.05, 4.69) is 64.5 Å². The van der Waals surface area contributed by atoms with Crippen molar-refractivity contribution in [3.63, 3.8) is 0 Å². The van der Waals surface area contributed by atoms with Gasteiger partial charge in [0.25, 0.3) is 0 Å². The highest BCUT2D eigenvalue weighted by Crippen LogP contribution is 2.42. The highest BCUT2D eigenvalue weighted by molar-refractivity contribution is 5.80. The van der Waals surface area contributed by atoms with Gasteiger partial charge in [0.2, 0.25) is 0 Å². The van der Waals surface area contributed by atoms with Crippen LogP contribution in [0.4, 0.5) is 16.2 Å². The fourth-order valence-corrected chi connectivity index (χ4v) is 3.24. The maximum Gasteiger partial charge on any atom is 0.365 e. The first kappa shape index (κ1) is 14.8. The van der Waals surface area contributed by atoms with Gasteiger partial charge in [0.05, 0.1) is 5.69 Å². The van der Waals surface area contributed by atoms with Crippen LogP contribution < -0.4 is 4.90 Å². The monoisotopic (exact) mass is 321 g/mol. The van der Waals surface area contributed by atoms with Crippen molar-refractivity contribution in [2.45, 2.75) is 12.7 Å². The van der Waals surface area contributed by atoms with Gasteiger partial charge < -0.3 is 9.80 Å². The second kappa shape index (κ2) is 5.72. The van der Waals surface area contributed by atoms with Crippen LogP contribution in [0.3, 0.4) is 0 Å². The van der Waals surface area contributed by atoms with Crippen molar-refractivity contribution < 1.29 is 4.79 Å². The van der Waals surface area contributed by atoms with Gasteiger partial charge in [-0.15, -0.1) is 0 Å². The number of rotatable bonds is 3. The van der Waals surface area contributed by atoms with Crippen molar-refractivity contribution in [2.75, 3.05) is 25.7 Å². The van der Waals surface area contributed by atoms with E-state index >= 15 is 0 Å². The number of nitrogens with zero attached hydrogens (tertiary/aromatic N) is 5. The number of hydrogen-bond acceptors (Lipinski definition) is 4. The third-order valence-electron chi connectivity index (χ3n) is 4.34. The molecule has 1 atom stereocenters. The summed E-state index contributed by atoms with van der Waals surface area (Å²) in [5.74, 6) is 0. The summed E-state index contributed by atoms with van der Waals surface area (Å²) in [6, 6.07) is 16.2. The summed E-state index contributed by atoms with van der Waals surface area (Å²) in [6.45, 7) is 1.36. The molecular formula is C18H19N5O.